The molecule has 0 aliphatic heterocycles. The number of nitrogens with one attached hydrogen (secondary N) is 1. The Morgan fingerprint density at radius 2 is 1.35 bits per heavy atom. The second kappa shape index (κ2) is 4.65. The molecule has 0 aliphatic carbocycles. The van der Waals surface area contributed by atoms with Crippen LogP contribution in [-0.4, -0.2) is 15.3 Å². The van der Waals surface area contributed by atoms with Gasteiger partial charge in [0.05, 0.1) is 11.3 Å². The zero-order chi connectivity index (χ0) is 12.3. The molecule has 0 saturated carbocycles. The van der Waals surface area contributed by atoms with Gasteiger partial charge in [-0.1, -0.05) is 18.2 Å². The molecule has 2 aromatic rings. The number of para-hydroxylation sites is 2. The summed E-state index contributed by atoms with van der Waals surface area (Å²) < 4.78 is 0. The molecule has 0 unspecified atom stereocenters. The first-order chi connectivity index (χ1) is 8.18. The Morgan fingerprint density at radius 1 is 0.765 bits per heavy atom. The molecule has 4 N–H and O–H groups in total. The van der Waals surface area contributed by atoms with E-state index in [1.54, 1.807) is 30.3 Å². The van der Waals surface area contributed by atoms with E-state index >= 15 is 0 Å². The molecule has 2 rings (SSSR count). The van der Waals surface area contributed by atoms with Crippen molar-refractivity contribution in [2.75, 3.05) is 5.32 Å². The molecule has 0 aliphatic rings. The van der Waals surface area contributed by atoms with Gasteiger partial charge in [-0.05, 0) is 24.3 Å². The van der Waals surface area contributed by atoms with Gasteiger partial charge in [-0.25, -0.2) is 0 Å². The Labute approximate surface area is 98.8 Å². The highest BCUT2D eigenvalue weighted by Crippen LogP contribution is 2.28. The average Bonchev–Trinajstić information content (AvgIpc) is 2.30. The summed E-state index contributed by atoms with van der Waals surface area (Å²) in [5.41, 5.74) is 0.950. The number of benzene rings is 2. The lowest BCUT2D eigenvalue weighted by molar-refractivity contribution is 0.439. The third-order valence-corrected chi connectivity index (χ3v) is 2.49. The monoisotopic (exact) mass is 231 g/mol. The number of rotatable bonds is 3. The average molecular weight is 231 g/mol. The predicted octanol–water partition coefficient (Wildman–Crippen LogP) is 2.42. The summed E-state index contributed by atoms with van der Waals surface area (Å²) >= 11 is 0. The molecule has 0 spiro atoms. The topological polar surface area (TPSA) is 72.7 Å². The van der Waals surface area contributed by atoms with Crippen LogP contribution < -0.4 is 5.32 Å². The van der Waals surface area contributed by atoms with E-state index in [2.05, 4.69) is 5.32 Å². The molecule has 0 bridgehead atoms. The molecule has 0 fully saturated rings. The summed E-state index contributed by atoms with van der Waals surface area (Å²) in [7, 11) is 0. The third kappa shape index (κ3) is 2.42. The quantitative estimate of drug-likeness (QED) is 0.612. The number of hydrogen-bond acceptors (Lipinski definition) is 4. The van der Waals surface area contributed by atoms with Crippen molar-refractivity contribution in [2.24, 2.45) is 0 Å². The fourth-order valence-corrected chi connectivity index (χ4v) is 1.55. The Kier molecular flexibility index (Phi) is 3.05. The van der Waals surface area contributed by atoms with Gasteiger partial charge in [0.25, 0.3) is 0 Å². The third-order valence-electron chi connectivity index (χ3n) is 2.49. The van der Waals surface area contributed by atoms with E-state index in [4.69, 9.17) is 0 Å². The molecule has 4 nitrogen and oxygen atoms in total. The van der Waals surface area contributed by atoms with Gasteiger partial charge in [-0.2, -0.15) is 0 Å². The molecule has 0 amide bonds. The maximum atomic E-state index is 9.58. The molecule has 2 aromatic carbocycles. The summed E-state index contributed by atoms with van der Waals surface area (Å²) in [5, 5.41) is 31.6. The molecule has 0 saturated heterocycles. The Morgan fingerprint density at radius 3 is 2.00 bits per heavy atom. The summed E-state index contributed by atoms with van der Waals surface area (Å²) in [4.78, 5) is 0. The largest absolute Gasteiger partial charge is 0.507 e. The standard InChI is InChI=1S/C13H13NO3/c15-11-6-3-7-12(16)9(11)8-14-10-4-1-2-5-13(10)17/h1-7,14-17H,8H2. The van der Waals surface area contributed by atoms with Crippen LogP contribution >= 0.6 is 0 Å². The molecular weight excluding hydrogens is 218 g/mol. The number of phenols is 3. The molecule has 0 radical (unpaired) electrons. The normalized spacial score (nSPS) is 10.1. The van der Waals surface area contributed by atoms with Crippen molar-refractivity contribution < 1.29 is 15.3 Å². The van der Waals surface area contributed by atoms with E-state index < -0.39 is 0 Å². The van der Waals surface area contributed by atoms with Gasteiger partial charge < -0.3 is 20.6 Å². The van der Waals surface area contributed by atoms with Crippen molar-refractivity contribution >= 4 is 5.69 Å². The van der Waals surface area contributed by atoms with Crippen molar-refractivity contribution in [1.29, 1.82) is 0 Å². The van der Waals surface area contributed by atoms with Crippen LogP contribution in [0.5, 0.6) is 17.2 Å². The maximum absolute atomic E-state index is 9.58. The fourth-order valence-electron chi connectivity index (χ4n) is 1.55. The van der Waals surface area contributed by atoms with E-state index in [1.807, 2.05) is 0 Å². The summed E-state index contributed by atoms with van der Waals surface area (Å²) in [6.45, 7) is 0.232. The highest BCUT2D eigenvalue weighted by molar-refractivity contribution is 5.56. The van der Waals surface area contributed by atoms with E-state index in [0.29, 0.717) is 11.3 Å². The van der Waals surface area contributed by atoms with Gasteiger partial charge in [-0.15, -0.1) is 0 Å². The molecule has 4 heteroatoms. The Bertz CT molecular complexity index is 506. The first-order valence-corrected chi connectivity index (χ1v) is 5.20. The summed E-state index contributed by atoms with van der Waals surface area (Å²) in [6, 6.07) is 11.3. The fraction of sp³-hybridized carbons (Fsp3) is 0.0769. The van der Waals surface area contributed by atoms with Gasteiger partial charge >= 0.3 is 0 Å². The molecule has 0 atom stereocenters. The minimum absolute atomic E-state index is 0.0212. The van der Waals surface area contributed by atoms with Crippen molar-refractivity contribution in [3.63, 3.8) is 0 Å². The molecule has 88 valence electrons. The van der Waals surface area contributed by atoms with Crippen LogP contribution in [-0.2, 0) is 6.54 Å². The van der Waals surface area contributed by atoms with Crippen LogP contribution in [0.2, 0.25) is 0 Å². The van der Waals surface area contributed by atoms with Crippen LogP contribution in [0.3, 0.4) is 0 Å². The SMILES string of the molecule is Oc1ccccc1NCc1c(O)cccc1O. The molecule has 17 heavy (non-hydrogen) atoms. The van der Waals surface area contributed by atoms with Crippen molar-refractivity contribution in [3.05, 3.63) is 48.0 Å². The highest BCUT2D eigenvalue weighted by atomic mass is 16.3. The highest BCUT2D eigenvalue weighted by Gasteiger charge is 2.07. The summed E-state index contributed by atoms with van der Waals surface area (Å²) in [6.07, 6.45) is 0. The van der Waals surface area contributed by atoms with Crippen molar-refractivity contribution in [3.8, 4) is 17.2 Å². The molecule has 0 heterocycles. The smallest absolute Gasteiger partial charge is 0.138 e. The van der Waals surface area contributed by atoms with Crippen LogP contribution in [0.15, 0.2) is 42.5 Å². The predicted molar refractivity (Wildman–Crippen MR) is 65.2 cm³/mol. The lowest BCUT2D eigenvalue weighted by atomic mass is 10.1. The van der Waals surface area contributed by atoms with Crippen LogP contribution in [0.25, 0.3) is 0 Å². The maximum Gasteiger partial charge on any atom is 0.138 e. The Balaban J connectivity index is 2.16. The van der Waals surface area contributed by atoms with Crippen LogP contribution in [0, 0.1) is 0 Å². The van der Waals surface area contributed by atoms with Gasteiger partial charge in [0.2, 0.25) is 0 Å². The number of hydrogen-bond donors (Lipinski definition) is 4. The van der Waals surface area contributed by atoms with E-state index in [-0.39, 0.29) is 23.8 Å². The van der Waals surface area contributed by atoms with E-state index in [9.17, 15) is 15.3 Å². The van der Waals surface area contributed by atoms with Gasteiger partial charge in [0, 0.05) is 6.54 Å². The first kappa shape index (κ1) is 11.1. The number of anilines is 1. The minimum Gasteiger partial charge on any atom is -0.507 e. The lowest BCUT2D eigenvalue weighted by Gasteiger charge is -2.10. The summed E-state index contributed by atoms with van der Waals surface area (Å²) in [5.74, 6) is 0.170. The van der Waals surface area contributed by atoms with Crippen LogP contribution in [0.1, 0.15) is 5.56 Å². The zero-order valence-corrected chi connectivity index (χ0v) is 9.09. The zero-order valence-electron chi connectivity index (χ0n) is 9.09. The van der Waals surface area contributed by atoms with Gasteiger partial charge in [-0.3, -0.25) is 0 Å². The van der Waals surface area contributed by atoms with Crippen LogP contribution in [0.4, 0.5) is 5.69 Å². The Hall–Kier alpha value is -2.36. The molecular formula is C13H13NO3. The second-order valence-corrected chi connectivity index (χ2v) is 3.65. The van der Waals surface area contributed by atoms with Crippen molar-refractivity contribution in [1.82, 2.24) is 0 Å². The van der Waals surface area contributed by atoms with E-state index in [0.717, 1.165) is 0 Å². The van der Waals surface area contributed by atoms with E-state index in [1.165, 1.54) is 12.1 Å². The van der Waals surface area contributed by atoms with Gasteiger partial charge in [0.1, 0.15) is 17.2 Å². The first-order valence-electron chi connectivity index (χ1n) is 5.20. The number of aromatic hydroxyl groups is 3. The van der Waals surface area contributed by atoms with Crippen molar-refractivity contribution in [2.45, 2.75) is 6.54 Å². The second-order valence-electron chi connectivity index (χ2n) is 3.65. The lowest BCUT2D eigenvalue weighted by Crippen LogP contribution is -2.00. The van der Waals surface area contributed by atoms with Gasteiger partial charge in [0.15, 0.2) is 0 Å². The molecule has 0 aromatic heterocycles. The number of phenolic OH excluding ortho intramolecular Hbond substituents is 3. The minimum atomic E-state index is 0.0212.